The molecule has 5 heteroatoms. The molecule has 2 heterocycles. The monoisotopic (exact) mass is 348 g/mol. The molecule has 2 aromatic carbocycles. The lowest BCUT2D eigenvalue weighted by Crippen LogP contribution is -2.26. The number of anilines is 1. The minimum absolute atomic E-state index is 0.0718. The lowest BCUT2D eigenvalue weighted by molar-refractivity contribution is -0.118. The summed E-state index contributed by atoms with van der Waals surface area (Å²) >= 11 is 0. The van der Waals surface area contributed by atoms with Crippen molar-refractivity contribution in [3.05, 3.63) is 72.2 Å². The van der Waals surface area contributed by atoms with Crippen LogP contribution in [0, 0.1) is 0 Å². The Balaban J connectivity index is 1.41. The SMILES string of the molecule is C[C@@H](NCc1cc(-c2ccccc2)co1)c1ccc2c(c1)NC(=O)CO2. The molecule has 1 amide bonds. The molecular formula is C21H20N2O3. The van der Waals surface area contributed by atoms with Crippen LogP contribution in [0.25, 0.3) is 11.1 Å². The molecule has 1 aliphatic rings. The van der Waals surface area contributed by atoms with E-state index in [9.17, 15) is 4.79 Å². The summed E-state index contributed by atoms with van der Waals surface area (Å²) < 4.78 is 11.1. The Kier molecular flexibility index (Phi) is 4.46. The van der Waals surface area contributed by atoms with Crippen molar-refractivity contribution in [1.29, 1.82) is 0 Å². The molecule has 0 spiro atoms. The molecule has 0 fully saturated rings. The van der Waals surface area contributed by atoms with Gasteiger partial charge in [0.1, 0.15) is 11.5 Å². The second kappa shape index (κ2) is 7.06. The van der Waals surface area contributed by atoms with Crippen LogP contribution in [-0.4, -0.2) is 12.5 Å². The van der Waals surface area contributed by atoms with E-state index >= 15 is 0 Å². The zero-order valence-corrected chi connectivity index (χ0v) is 14.5. The standard InChI is InChI=1S/C21H20N2O3/c1-14(16-7-8-20-19(10-16)23-21(24)13-26-20)22-11-18-9-17(12-25-18)15-5-3-2-4-6-15/h2-10,12,14,22H,11,13H2,1H3,(H,23,24)/t14-/m1/s1. The fourth-order valence-corrected chi connectivity index (χ4v) is 3.00. The Morgan fingerprint density at radius 2 is 1.96 bits per heavy atom. The third-order valence-corrected chi connectivity index (χ3v) is 4.48. The number of hydrogen-bond donors (Lipinski definition) is 2. The van der Waals surface area contributed by atoms with E-state index in [2.05, 4.69) is 35.8 Å². The van der Waals surface area contributed by atoms with Gasteiger partial charge in [0.15, 0.2) is 6.61 Å². The topological polar surface area (TPSA) is 63.5 Å². The summed E-state index contributed by atoms with van der Waals surface area (Å²) in [6.45, 7) is 2.77. The number of ether oxygens (including phenoxy) is 1. The Morgan fingerprint density at radius 3 is 2.81 bits per heavy atom. The largest absolute Gasteiger partial charge is 0.482 e. The Bertz CT molecular complexity index is 918. The van der Waals surface area contributed by atoms with Gasteiger partial charge in [0, 0.05) is 11.6 Å². The molecule has 5 nitrogen and oxygen atoms in total. The van der Waals surface area contributed by atoms with Crippen LogP contribution in [0.3, 0.4) is 0 Å². The number of hydrogen-bond acceptors (Lipinski definition) is 4. The molecule has 0 bridgehead atoms. The van der Waals surface area contributed by atoms with Gasteiger partial charge >= 0.3 is 0 Å². The van der Waals surface area contributed by atoms with Crippen LogP contribution in [0.1, 0.15) is 24.3 Å². The highest BCUT2D eigenvalue weighted by Crippen LogP contribution is 2.30. The minimum atomic E-state index is -0.126. The number of carbonyl (C=O) groups excluding carboxylic acids is 1. The van der Waals surface area contributed by atoms with E-state index < -0.39 is 0 Å². The van der Waals surface area contributed by atoms with E-state index in [4.69, 9.17) is 9.15 Å². The molecule has 0 unspecified atom stereocenters. The molecular weight excluding hydrogens is 328 g/mol. The van der Waals surface area contributed by atoms with Crippen molar-refractivity contribution in [1.82, 2.24) is 5.32 Å². The van der Waals surface area contributed by atoms with Crippen LogP contribution in [-0.2, 0) is 11.3 Å². The fraction of sp³-hybridized carbons (Fsp3) is 0.190. The number of nitrogens with one attached hydrogen (secondary N) is 2. The van der Waals surface area contributed by atoms with E-state index in [0.717, 1.165) is 28.1 Å². The lowest BCUT2D eigenvalue weighted by Gasteiger charge is -2.20. The Labute approximate surface area is 152 Å². The molecule has 132 valence electrons. The number of fused-ring (bicyclic) bond motifs is 1. The molecule has 0 radical (unpaired) electrons. The molecule has 0 aliphatic carbocycles. The van der Waals surface area contributed by atoms with E-state index in [1.165, 1.54) is 0 Å². The third-order valence-electron chi connectivity index (χ3n) is 4.48. The highest BCUT2D eigenvalue weighted by atomic mass is 16.5. The highest BCUT2D eigenvalue weighted by molar-refractivity contribution is 5.95. The minimum Gasteiger partial charge on any atom is -0.482 e. The molecule has 0 saturated heterocycles. The van der Waals surface area contributed by atoms with Gasteiger partial charge in [0.05, 0.1) is 18.5 Å². The van der Waals surface area contributed by atoms with Gasteiger partial charge in [-0.1, -0.05) is 36.4 Å². The fourth-order valence-electron chi connectivity index (χ4n) is 3.00. The lowest BCUT2D eigenvalue weighted by atomic mass is 10.1. The van der Waals surface area contributed by atoms with Gasteiger partial charge in [-0.05, 0) is 36.2 Å². The van der Waals surface area contributed by atoms with Crippen molar-refractivity contribution in [3.8, 4) is 16.9 Å². The van der Waals surface area contributed by atoms with Crippen LogP contribution in [0.5, 0.6) is 5.75 Å². The smallest absolute Gasteiger partial charge is 0.262 e. The average Bonchev–Trinajstić information content (AvgIpc) is 3.15. The molecule has 26 heavy (non-hydrogen) atoms. The zero-order chi connectivity index (χ0) is 17.9. The molecule has 3 aromatic rings. The second-order valence-corrected chi connectivity index (χ2v) is 6.36. The molecule has 2 N–H and O–H groups in total. The van der Waals surface area contributed by atoms with Gasteiger partial charge in [-0.2, -0.15) is 0 Å². The van der Waals surface area contributed by atoms with Gasteiger partial charge in [-0.25, -0.2) is 0 Å². The maximum atomic E-state index is 11.5. The number of furan rings is 1. The van der Waals surface area contributed by atoms with Crippen LogP contribution < -0.4 is 15.4 Å². The van der Waals surface area contributed by atoms with Gasteiger partial charge < -0.3 is 19.8 Å². The summed E-state index contributed by atoms with van der Waals surface area (Å²) in [6, 6.07) is 18.2. The van der Waals surface area contributed by atoms with Crippen LogP contribution in [0.15, 0.2) is 65.3 Å². The summed E-state index contributed by atoms with van der Waals surface area (Å²) in [7, 11) is 0. The van der Waals surface area contributed by atoms with E-state index in [0.29, 0.717) is 12.3 Å². The number of benzene rings is 2. The van der Waals surface area contributed by atoms with Gasteiger partial charge in [0.25, 0.3) is 5.91 Å². The van der Waals surface area contributed by atoms with Gasteiger partial charge in [-0.3, -0.25) is 4.79 Å². The van der Waals surface area contributed by atoms with Crippen LogP contribution >= 0.6 is 0 Å². The second-order valence-electron chi connectivity index (χ2n) is 6.36. The Hall–Kier alpha value is -3.05. The van der Waals surface area contributed by atoms with Crippen molar-refractivity contribution < 1.29 is 13.9 Å². The first-order valence-corrected chi connectivity index (χ1v) is 8.62. The average molecular weight is 348 g/mol. The van der Waals surface area contributed by atoms with Crippen LogP contribution in [0.2, 0.25) is 0 Å². The van der Waals surface area contributed by atoms with Crippen molar-refractivity contribution in [2.24, 2.45) is 0 Å². The highest BCUT2D eigenvalue weighted by Gasteiger charge is 2.17. The quantitative estimate of drug-likeness (QED) is 0.728. The summed E-state index contributed by atoms with van der Waals surface area (Å²) in [5.74, 6) is 1.46. The van der Waals surface area contributed by atoms with E-state index in [1.54, 1.807) is 6.26 Å². The van der Waals surface area contributed by atoms with Gasteiger partial charge in [-0.15, -0.1) is 0 Å². The molecule has 0 saturated carbocycles. The van der Waals surface area contributed by atoms with Crippen molar-refractivity contribution in [2.75, 3.05) is 11.9 Å². The third kappa shape index (κ3) is 3.48. The first-order chi connectivity index (χ1) is 12.7. The van der Waals surface area contributed by atoms with Crippen LogP contribution in [0.4, 0.5) is 5.69 Å². The predicted molar refractivity (Wildman–Crippen MR) is 100.0 cm³/mol. The maximum Gasteiger partial charge on any atom is 0.262 e. The normalized spacial score (nSPS) is 14.3. The summed E-state index contributed by atoms with van der Waals surface area (Å²) in [5.41, 5.74) is 4.01. The van der Waals surface area contributed by atoms with E-state index in [-0.39, 0.29) is 18.6 Å². The molecule has 1 aromatic heterocycles. The van der Waals surface area contributed by atoms with Gasteiger partial charge in [0.2, 0.25) is 0 Å². The molecule has 1 atom stereocenters. The predicted octanol–water partition coefficient (Wildman–Crippen LogP) is 4.13. The van der Waals surface area contributed by atoms with E-state index in [1.807, 2.05) is 36.4 Å². The maximum absolute atomic E-state index is 11.5. The number of rotatable bonds is 5. The zero-order valence-electron chi connectivity index (χ0n) is 14.5. The molecule has 4 rings (SSSR count). The van der Waals surface area contributed by atoms with Crippen molar-refractivity contribution in [2.45, 2.75) is 19.5 Å². The number of carbonyl (C=O) groups is 1. The summed E-state index contributed by atoms with van der Waals surface area (Å²) in [6.07, 6.45) is 1.78. The first kappa shape index (κ1) is 16.4. The first-order valence-electron chi connectivity index (χ1n) is 8.62. The van der Waals surface area contributed by atoms with Crippen molar-refractivity contribution >= 4 is 11.6 Å². The Morgan fingerprint density at radius 1 is 1.12 bits per heavy atom. The van der Waals surface area contributed by atoms with Crippen molar-refractivity contribution in [3.63, 3.8) is 0 Å². The summed E-state index contributed by atoms with van der Waals surface area (Å²) in [5, 5.41) is 6.29. The summed E-state index contributed by atoms with van der Waals surface area (Å²) in [4.78, 5) is 11.5. The molecule has 1 aliphatic heterocycles. The number of amides is 1.